The second-order valence-corrected chi connectivity index (χ2v) is 7.42. The van der Waals surface area contributed by atoms with Crippen LogP contribution in [0.15, 0.2) is 66.7 Å². The summed E-state index contributed by atoms with van der Waals surface area (Å²) in [6.45, 7) is 6.92. The summed E-state index contributed by atoms with van der Waals surface area (Å²) in [6, 6.07) is 20.4. The Hall–Kier alpha value is -2.94. The van der Waals surface area contributed by atoms with Crippen molar-refractivity contribution in [2.45, 2.75) is 32.8 Å². The molecule has 26 heavy (non-hydrogen) atoms. The first kappa shape index (κ1) is 17.9. The van der Waals surface area contributed by atoms with E-state index >= 15 is 0 Å². The van der Waals surface area contributed by atoms with E-state index < -0.39 is 0 Å². The first-order valence-corrected chi connectivity index (χ1v) is 8.68. The molecule has 3 nitrogen and oxygen atoms in total. The van der Waals surface area contributed by atoms with Gasteiger partial charge >= 0.3 is 0 Å². The minimum Gasteiger partial charge on any atom is -0.508 e. The van der Waals surface area contributed by atoms with Crippen LogP contribution < -0.4 is 4.74 Å². The molecule has 0 fully saturated rings. The SMILES string of the molecule is CC(C)(C)c1ccc(OCc2ccccc2-c2cc(O)ccc2O)cc1. The minimum atomic E-state index is 0.109. The molecular weight excluding hydrogens is 324 g/mol. The van der Waals surface area contributed by atoms with Crippen molar-refractivity contribution in [3.8, 4) is 28.4 Å². The lowest BCUT2D eigenvalue weighted by Gasteiger charge is -2.19. The van der Waals surface area contributed by atoms with E-state index in [1.54, 1.807) is 6.07 Å². The summed E-state index contributed by atoms with van der Waals surface area (Å²) in [5.41, 5.74) is 3.74. The Morgan fingerprint density at radius 1 is 0.808 bits per heavy atom. The molecule has 0 aliphatic heterocycles. The van der Waals surface area contributed by atoms with Gasteiger partial charge in [-0.15, -0.1) is 0 Å². The summed E-state index contributed by atoms with van der Waals surface area (Å²) >= 11 is 0. The van der Waals surface area contributed by atoms with E-state index in [4.69, 9.17) is 4.74 Å². The van der Waals surface area contributed by atoms with E-state index in [-0.39, 0.29) is 16.9 Å². The Balaban J connectivity index is 1.82. The Morgan fingerprint density at radius 3 is 2.19 bits per heavy atom. The number of benzene rings is 3. The molecule has 0 aromatic heterocycles. The highest BCUT2D eigenvalue weighted by Crippen LogP contribution is 2.34. The van der Waals surface area contributed by atoms with Crippen LogP contribution in [0.3, 0.4) is 0 Å². The second-order valence-electron chi connectivity index (χ2n) is 7.42. The van der Waals surface area contributed by atoms with Crippen LogP contribution in [0.4, 0.5) is 0 Å². The van der Waals surface area contributed by atoms with E-state index in [2.05, 4.69) is 32.9 Å². The van der Waals surface area contributed by atoms with Crippen LogP contribution >= 0.6 is 0 Å². The van der Waals surface area contributed by atoms with Gasteiger partial charge in [0.25, 0.3) is 0 Å². The normalized spacial score (nSPS) is 11.3. The molecule has 0 spiro atoms. The monoisotopic (exact) mass is 348 g/mol. The van der Waals surface area contributed by atoms with E-state index in [0.29, 0.717) is 12.2 Å². The summed E-state index contributed by atoms with van der Waals surface area (Å²) in [4.78, 5) is 0. The van der Waals surface area contributed by atoms with Gasteiger partial charge in [0, 0.05) is 5.56 Å². The highest BCUT2D eigenvalue weighted by Gasteiger charge is 2.14. The van der Waals surface area contributed by atoms with Crippen LogP contribution in [-0.4, -0.2) is 10.2 Å². The quantitative estimate of drug-likeness (QED) is 0.600. The molecule has 0 heterocycles. The molecule has 0 radical (unpaired) electrons. The number of aromatic hydroxyl groups is 2. The van der Waals surface area contributed by atoms with Crippen molar-refractivity contribution < 1.29 is 14.9 Å². The number of phenolic OH excluding ortho intramolecular Hbond substituents is 2. The number of hydrogen-bond acceptors (Lipinski definition) is 3. The zero-order valence-electron chi connectivity index (χ0n) is 15.4. The van der Waals surface area contributed by atoms with Crippen LogP contribution in [0.25, 0.3) is 11.1 Å². The largest absolute Gasteiger partial charge is 0.508 e. The van der Waals surface area contributed by atoms with Crippen molar-refractivity contribution >= 4 is 0 Å². The van der Waals surface area contributed by atoms with E-state index in [0.717, 1.165) is 16.9 Å². The second kappa shape index (κ2) is 7.12. The Kier molecular flexibility index (Phi) is 4.90. The highest BCUT2D eigenvalue weighted by molar-refractivity contribution is 5.74. The van der Waals surface area contributed by atoms with Gasteiger partial charge in [-0.2, -0.15) is 0 Å². The molecule has 0 aliphatic rings. The van der Waals surface area contributed by atoms with Crippen LogP contribution in [0.5, 0.6) is 17.2 Å². The highest BCUT2D eigenvalue weighted by atomic mass is 16.5. The average molecular weight is 348 g/mol. The number of hydrogen-bond donors (Lipinski definition) is 2. The molecule has 0 atom stereocenters. The van der Waals surface area contributed by atoms with Crippen molar-refractivity contribution in [2.24, 2.45) is 0 Å². The van der Waals surface area contributed by atoms with Gasteiger partial charge in [0.1, 0.15) is 23.9 Å². The topological polar surface area (TPSA) is 49.7 Å². The van der Waals surface area contributed by atoms with Crippen molar-refractivity contribution in [3.63, 3.8) is 0 Å². The number of rotatable bonds is 4. The maximum Gasteiger partial charge on any atom is 0.123 e. The van der Waals surface area contributed by atoms with Crippen molar-refractivity contribution in [1.29, 1.82) is 0 Å². The predicted octanol–water partition coefficient (Wildman–Crippen LogP) is 5.64. The zero-order chi connectivity index (χ0) is 18.7. The molecule has 2 N–H and O–H groups in total. The fourth-order valence-corrected chi connectivity index (χ4v) is 2.86. The van der Waals surface area contributed by atoms with Crippen LogP contribution in [0.1, 0.15) is 31.9 Å². The smallest absolute Gasteiger partial charge is 0.123 e. The molecule has 0 saturated carbocycles. The van der Waals surface area contributed by atoms with Crippen molar-refractivity contribution in [1.82, 2.24) is 0 Å². The fraction of sp³-hybridized carbons (Fsp3) is 0.217. The van der Waals surface area contributed by atoms with Gasteiger partial charge in [-0.25, -0.2) is 0 Å². The van der Waals surface area contributed by atoms with Gasteiger partial charge in [-0.3, -0.25) is 0 Å². The van der Waals surface area contributed by atoms with Gasteiger partial charge in [-0.1, -0.05) is 57.2 Å². The van der Waals surface area contributed by atoms with Crippen molar-refractivity contribution in [3.05, 3.63) is 77.9 Å². The molecule has 3 aromatic rings. The van der Waals surface area contributed by atoms with Crippen molar-refractivity contribution in [2.75, 3.05) is 0 Å². The standard InChI is InChI=1S/C23H24O3/c1-23(2,3)17-8-11-19(12-9-17)26-15-16-6-4-5-7-20(16)21-14-18(24)10-13-22(21)25/h4-14,24-25H,15H2,1-3H3. The third kappa shape index (κ3) is 3.99. The summed E-state index contributed by atoms with van der Waals surface area (Å²) in [7, 11) is 0. The predicted molar refractivity (Wildman–Crippen MR) is 105 cm³/mol. The lowest BCUT2D eigenvalue weighted by atomic mass is 9.87. The van der Waals surface area contributed by atoms with Crippen LogP contribution in [-0.2, 0) is 12.0 Å². The van der Waals surface area contributed by atoms with Gasteiger partial charge in [0.05, 0.1) is 0 Å². The summed E-state index contributed by atoms with van der Waals surface area (Å²) in [5, 5.41) is 19.9. The van der Waals surface area contributed by atoms with E-state index in [9.17, 15) is 10.2 Å². The maximum atomic E-state index is 10.2. The van der Waals surface area contributed by atoms with E-state index in [1.807, 2.05) is 36.4 Å². The first-order chi connectivity index (χ1) is 12.3. The number of ether oxygens (including phenoxy) is 1. The molecule has 3 aromatic carbocycles. The van der Waals surface area contributed by atoms with Gasteiger partial charge in [0.2, 0.25) is 0 Å². The third-order valence-electron chi connectivity index (χ3n) is 4.40. The summed E-state index contributed by atoms with van der Waals surface area (Å²) < 4.78 is 5.95. The molecule has 3 heteroatoms. The zero-order valence-corrected chi connectivity index (χ0v) is 15.4. The molecule has 0 unspecified atom stereocenters. The average Bonchev–Trinajstić information content (AvgIpc) is 2.62. The fourth-order valence-electron chi connectivity index (χ4n) is 2.86. The summed E-state index contributed by atoms with van der Waals surface area (Å²) in [6.07, 6.45) is 0. The van der Waals surface area contributed by atoms with Crippen LogP contribution in [0, 0.1) is 0 Å². The molecule has 0 aliphatic carbocycles. The lowest BCUT2D eigenvalue weighted by molar-refractivity contribution is 0.306. The van der Waals surface area contributed by atoms with Gasteiger partial charge in [-0.05, 0) is 52.4 Å². The van der Waals surface area contributed by atoms with Gasteiger partial charge < -0.3 is 14.9 Å². The van der Waals surface area contributed by atoms with Gasteiger partial charge in [0.15, 0.2) is 0 Å². The molecule has 3 rings (SSSR count). The summed E-state index contributed by atoms with van der Waals surface area (Å²) in [5.74, 6) is 1.05. The Morgan fingerprint density at radius 2 is 1.50 bits per heavy atom. The Bertz CT molecular complexity index is 890. The molecule has 0 amide bonds. The molecule has 0 bridgehead atoms. The number of phenols is 2. The molecule has 0 saturated heterocycles. The molecule has 134 valence electrons. The molecular formula is C23H24O3. The first-order valence-electron chi connectivity index (χ1n) is 8.68. The van der Waals surface area contributed by atoms with Crippen LogP contribution in [0.2, 0.25) is 0 Å². The Labute approximate surface area is 154 Å². The maximum absolute atomic E-state index is 10.2. The minimum absolute atomic E-state index is 0.109. The lowest BCUT2D eigenvalue weighted by Crippen LogP contribution is -2.10. The third-order valence-corrected chi connectivity index (χ3v) is 4.40. The van der Waals surface area contributed by atoms with E-state index in [1.165, 1.54) is 17.7 Å².